The Balaban J connectivity index is 1.21. The molecule has 0 saturated carbocycles. The van der Waals surface area contributed by atoms with E-state index in [1.165, 1.54) is 10.9 Å². The lowest BCUT2D eigenvalue weighted by molar-refractivity contribution is 0.669. The smallest absolute Gasteiger partial charge is 0.235 e. The fourth-order valence-corrected chi connectivity index (χ4v) is 7.35. The minimum atomic E-state index is 0.588. The van der Waals surface area contributed by atoms with Crippen LogP contribution in [0.15, 0.2) is 192 Å². The highest BCUT2D eigenvalue weighted by Gasteiger charge is 2.21. The average molecular weight is 666 g/mol. The van der Waals surface area contributed by atoms with Crippen LogP contribution in [0.3, 0.4) is 0 Å². The normalized spacial score (nSPS) is 11.5. The predicted octanol–water partition coefficient (Wildman–Crippen LogP) is 13.2. The van der Waals surface area contributed by atoms with Crippen molar-refractivity contribution >= 4 is 60.9 Å². The molecule has 0 N–H and O–H groups in total. The molecule has 0 fully saturated rings. The van der Waals surface area contributed by atoms with Crippen LogP contribution in [0.4, 0.5) is 17.3 Å². The number of rotatable bonds is 6. The molecule has 0 spiro atoms. The Labute approximate surface area is 300 Å². The summed E-state index contributed by atoms with van der Waals surface area (Å²) in [5.41, 5.74) is 10.8. The third-order valence-corrected chi connectivity index (χ3v) is 9.84. The molecule has 0 atom stereocenters. The molecule has 0 unspecified atom stereocenters. The van der Waals surface area contributed by atoms with Gasteiger partial charge in [-0.05, 0) is 87.6 Å². The van der Waals surface area contributed by atoms with Crippen LogP contribution < -0.4 is 4.90 Å². The Kier molecular flexibility index (Phi) is 7.10. The Bertz CT molecular complexity index is 2880. The second-order valence-electron chi connectivity index (χ2n) is 13.0. The largest absolute Gasteiger partial charge is 0.456 e. The average Bonchev–Trinajstić information content (AvgIpc) is 3.58. The molecule has 0 bridgehead atoms. The minimum Gasteiger partial charge on any atom is -0.456 e. The Morgan fingerprint density at radius 1 is 0.404 bits per heavy atom. The molecule has 0 aliphatic carbocycles. The zero-order chi connectivity index (χ0) is 34.4. The van der Waals surface area contributed by atoms with E-state index in [1.807, 2.05) is 30.3 Å². The van der Waals surface area contributed by atoms with Crippen molar-refractivity contribution in [3.63, 3.8) is 0 Å². The van der Waals surface area contributed by atoms with Crippen LogP contribution in [0.5, 0.6) is 0 Å². The van der Waals surface area contributed by atoms with Crippen LogP contribution in [0.25, 0.3) is 77.1 Å². The van der Waals surface area contributed by atoms with Crippen molar-refractivity contribution in [2.24, 2.45) is 0 Å². The molecule has 0 saturated heterocycles. The molecular formula is C48H31N3O. The maximum atomic E-state index is 6.71. The van der Waals surface area contributed by atoms with Crippen LogP contribution >= 0.6 is 0 Å². The number of aromatic nitrogens is 2. The standard InChI is InChI=1S/C48H31N3O/c1-4-14-32(15-5-1)33-24-26-39(27-25-33)51(38-20-8-3-9-21-38)48-49-43-23-13-12-22-40(43)47(50-48)37-29-41(34-16-6-2-7-17-34)46-42-28-35-18-10-11-19-36(35)30-44(42)52-45(46)31-37/h1-31H. The summed E-state index contributed by atoms with van der Waals surface area (Å²) < 4.78 is 6.71. The van der Waals surface area contributed by atoms with Crippen molar-refractivity contribution in [1.82, 2.24) is 9.97 Å². The molecule has 2 heterocycles. The van der Waals surface area contributed by atoms with Gasteiger partial charge in [-0.3, -0.25) is 4.90 Å². The van der Waals surface area contributed by atoms with E-state index in [0.717, 1.165) is 77.6 Å². The first kappa shape index (κ1) is 29.8. The lowest BCUT2D eigenvalue weighted by Crippen LogP contribution is -2.14. The van der Waals surface area contributed by atoms with Gasteiger partial charge in [0.15, 0.2) is 0 Å². The Morgan fingerprint density at radius 2 is 1.00 bits per heavy atom. The molecule has 0 amide bonds. The van der Waals surface area contributed by atoms with E-state index < -0.39 is 0 Å². The van der Waals surface area contributed by atoms with Crippen molar-refractivity contribution in [2.45, 2.75) is 0 Å². The molecule has 8 aromatic carbocycles. The topological polar surface area (TPSA) is 42.2 Å². The number of hydrogen-bond donors (Lipinski definition) is 0. The predicted molar refractivity (Wildman–Crippen MR) is 215 cm³/mol. The van der Waals surface area contributed by atoms with E-state index in [0.29, 0.717) is 5.95 Å². The van der Waals surface area contributed by atoms with Gasteiger partial charge < -0.3 is 4.42 Å². The van der Waals surface area contributed by atoms with Gasteiger partial charge in [0.25, 0.3) is 0 Å². The summed E-state index contributed by atoms with van der Waals surface area (Å²) in [7, 11) is 0. The van der Waals surface area contributed by atoms with Gasteiger partial charge in [0.05, 0.1) is 11.2 Å². The minimum absolute atomic E-state index is 0.588. The van der Waals surface area contributed by atoms with Crippen LogP contribution in [0.2, 0.25) is 0 Å². The molecule has 4 nitrogen and oxygen atoms in total. The van der Waals surface area contributed by atoms with E-state index in [-0.39, 0.29) is 0 Å². The molecule has 0 aliphatic heterocycles. The quantitative estimate of drug-likeness (QED) is 0.177. The third-order valence-electron chi connectivity index (χ3n) is 9.84. The molecule has 4 heteroatoms. The lowest BCUT2D eigenvalue weighted by atomic mass is 9.94. The highest BCUT2D eigenvalue weighted by molar-refractivity contribution is 6.17. The van der Waals surface area contributed by atoms with E-state index >= 15 is 0 Å². The van der Waals surface area contributed by atoms with E-state index in [1.54, 1.807) is 0 Å². The second kappa shape index (κ2) is 12.4. The first-order valence-electron chi connectivity index (χ1n) is 17.5. The van der Waals surface area contributed by atoms with E-state index in [4.69, 9.17) is 14.4 Å². The maximum Gasteiger partial charge on any atom is 0.235 e. The van der Waals surface area contributed by atoms with Gasteiger partial charge in [-0.1, -0.05) is 133 Å². The van der Waals surface area contributed by atoms with Gasteiger partial charge >= 0.3 is 0 Å². The summed E-state index contributed by atoms with van der Waals surface area (Å²) in [6, 6.07) is 65.5. The number of benzene rings is 8. The SMILES string of the molecule is c1ccc(-c2ccc(N(c3ccccc3)c3nc(-c4cc(-c5ccccc5)c5c(c4)oc4cc6ccccc6cc45)c4ccccc4n3)cc2)cc1. The van der Waals surface area contributed by atoms with Gasteiger partial charge in [-0.15, -0.1) is 0 Å². The zero-order valence-electron chi connectivity index (χ0n) is 28.1. The number of para-hydroxylation sites is 2. The van der Waals surface area contributed by atoms with Crippen molar-refractivity contribution in [3.05, 3.63) is 188 Å². The van der Waals surface area contributed by atoms with Gasteiger partial charge in [0, 0.05) is 33.1 Å². The summed E-state index contributed by atoms with van der Waals surface area (Å²) in [4.78, 5) is 12.7. The van der Waals surface area contributed by atoms with Crippen molar-refractivity contribution in [3.8, 4) is 33.5 Å². The van der Waals surface area contributed by atoms with Crippen molar-refractivity contribution in [2.75, 3.05) is 4.90 Å². The van der Waals surface area contributed by atoms with E-state index in [2.05, 4.69) is 163 Å². The molecule has 10 rings (SSSR count). The van der Waals surface area contributed by atoms with Gasteiger partial charge in [0.2, 0.25) is 5.95 Å². The summed E-state index contributed by atoms with van der Waals surface area (Å²) in [6.07, 6.45) is 0. The number of fused-ring (bicyclic) bond motifs is 5. The third kappa shape index (κ3) is 5.17. The van der Waals surface area contributed by atoms with Gasteiger partial charge in [-0.2, -0.15) is 0 Å². The van der Waals surface area contributed by atoms with Crippen LogP contribution in [0.1, 0.15) is 0 Å². The molecular weight excluding hydrogens is 635 g/mol. The van der Waals surface area contributed by atoms with Crippen LogP contribution in [-0.4, -0.2) is 9.97 Å². The molecule has 10 aromatic rings. The van der Waals surface area contributed by atoms with E-state index in [9.17, 15) is 0 Å². The zero-order valence-corrected chi connectivity index (χ0v) is 28.1. The summed E-state index contributed by atoms with van der Waals surface area (Å²) >= 11 is 0. The first-order chi connectivity index (χ1) is 25.8. The number of nitrogens with zero attached hydrogens (tertiary/aromatic N) is 3. The fraction of sp³-hybridized carbons (Fsp3) is 0. The number of furan rings is 1. The molecule has 52 heavy (non-hydrogen) atoms. The second-order valence-corrected chi connectivity index (χ2v) is 13.0. The van der Waals surface area contributed by atoms with Crippen LogP contribution in [0, 0.1) is 0 Å². The number of anilines is 3. The molecule has 0 radical (unpaired) electrons. The van der Waals surface area contributed by atoms with Gasteiger partial charge in [0.1, 0.15) is 11.2 Å². The maximum absolute atomic E-state index is 6.71. The van der Waals surface area contributed by atoms with Crippen LogP contribution in [-0.2, 0) is 0 Å². The highest BCUT2D eigenvalue weighted by Crippen LogP contribution is 2.43. The monoisotopic (exact) mass is 665 g/mol. The van der Waals surface area contributed by atoms with Crippen molar-refractivity contribution in [1.29, 1.82) is 0 Å². The summed E-state index contributed by atoms with van der Waals surface area (Å²) in [5, 5.41) is 5.50. The number of hydrogen-bond acceptors (Lipinski definition) is 4. The fourth-order valence-electron chi connectivity index (χ4n) is 7.35. The molecule has 244 valence electrons. The lowest BCUT2D eigenvalue weighted by Gasteiger charge is -2.24. The first-order valence-corrected chi connectivity index (χ1v) is 17.5. The summed E-state index contributed by atoms with van der Waals surface area (Å²) in [5.74, 6) is 0.588. The Morgan fingerprint density at radius 3 is 1.75 bits per heavy atom. The molecule has 0 aliphatic rings. The van der Waals surface area contributed by atoms with Crippen molar-refractivity contribution < 1.29 is 4.42 Å². The summed E-state index contributed by atoms with van der Waals surface area (Å²) in [6.45, 7) is 0. The molecule has 2 aromatic heterocycles. The Hall–Kier alpha value is -7.04. The highest BCUT2D eigenvalue weighted by atomic mass is 16.3. The van der Waals surface area contributed by atoms with Gasteiger partial charge in [-0.25, -0.2) is 9.97 Å².